The van der Waals surface area contributed by atoms with Crippen molar-refractivity contribution in [2.45, 2.75) is 40.0 Å². The number of carbonyl (C=O) groups is 1. The summed E-state index contributed by atoms with van der Waals surface area (Å²) >= 11 is 0. The standard InChI is InChI=1S/C11H18O/c1-11(2,3)9-5-4-6-10(12)8-7-9/h4,6,9H,5,7-8H2,1-3H3. The van der Waals surface area contributed by atoms with E-state index < -0.39 is 0 Å². The molecule has 0 bridgehead atoms. The smallest absolute Gasteiger partial charge is 0.155 e. The quantitative estimate of drug-likeness (QED) is 0.540. The lowest BCUT2D eigenvalue weighted by Gasteiger charge is -2.28. The molecule has 0 fully saturated rings. The minimum Gasteiger partial charge on any atom is -0.295 e. The normalized spacial score (nSPS) is 25.6. The van der Waals surface area contributed by atoms with E-state index in [1.54, 1.807) is 6.08 Å². The Morgan fingerprint density at radius 2 is 2.08 bits per heavy atom. The van der Waals surface area contributed by atoms with Gasteiger partial charge in [0, 0.05) is 6.42 Å². The van der Waals surface area contributed by atoms with Crippen molar-refractivity contribution in [3.8, 4) is 0 Å². The second kappa shape index (κ2) is 3.42. The summed E-state index contributed by atoms with van der Waals surface area (Å²) < 4.78 is 0. The van der Waals surface area contributed by atoms with Crippen LogP contribution in [0, 0.1) is 11.3 Å². The van der Waals surface area contributed by atoms with Crippen LogP contribution < -0.4 is 0 Å². The Morgan fingerprint density at radius 3 is 2.67 bits per heavy atom. The van der Waals surface area contributed by atoms with Crippen molar-refractivity contribution < 1.29 is 4.79 Å². The lowest BCUT2D eigenvalue weighted by atomic mass is 9.77. The highest BCUT2D eigenvalue weighted by Crippen LogP contribution is 2.33. The van der Waals surface area contributed by atoms with Crippen LogP contribution in [-0.2, 0) is 4.79 Å². The molecular weight excluding hydrogens is 148 g/mol. The van der Waals surface area contributed by atoms with E-state index >= 15 is 0 Å². The molecule has 0 spiro atoms. The molecule has 68 valence electrons. The topological polar surface area (TPSA) is 17.1 Å². The van der Waals surface area contributed by atoms with E-state index in [1.807, 2.05) is 6.08 Å². The third-order valence-electron chi connectivity index (χ3n) is 2.69. The SMILES string of the molecule is CC(C)(C)C1CC=CC(=O)CC1. The van der Waals surface area contributed by atoms with E-state index in [2.05, 4.69) is 20.8 Å². The number of ketones is 1. The Balaban J connectivity index is 2.60. The van der Waals surface area contributed by atoms with Crippen LogP contribution in [-0.4, -0.2) is 5.78 Å². The lowest BCUT2D eigenvalue weighted by molar-refractivity contribution is -0.114. The molecule has 1 aliphatic rings. The van der Waals surface area contributed by atoms with Gasteiger partial charge in [-0.1, -0.05) is 26.8 Å². The fourth-order valence-corrected chi connectivity index (χ4v) is 1.67. The number of hydrogen-bond acceptors (Lipinski definition) is 1. The molecule has 0 aromatic rings. The van der Waals surface area contributed by atoms with Crippen LogP contribution in [0.15, 0.2) is 12.2 Å². The van der Waals surface area contributed by atoms with E-state index in [0.717, 1.165) is 19.3 Å². The molecule has 0 heterocycles. The zero-order valence-electron chi connectivity index (χ0n) is 8.26. The summed E-state index contributed by atoms with van der Waals surface area (Å²) in [5, 5.41) is 0. The molecule has 0 radical (unpaired) electrons. The average Bonchev–Trinajstić information content (AvgIpc) is 2.11. The summed E-state index contributed by atoms with van der Waals surface area (Å²) in [6, 6.07) is 0. The summed E-state index contributed by atoms with van der Waals surface area (Å²) in [6.07, 6.45) is 6.62. The predicted octanol–water partition coefficient (Wildman–Crippen LogP) is 2.96. The highest BCUT2D eigenvalue weighted by atomic mass is 16.1. The predicted molar refractivity (Wildman–Crippen MR) is 50.9 cm³/mol. The third-order valence-corrected chi connectivity index (χ3v) is 2.69. The van der Waals surface area contributed by atoms with Gasteiger partial charge in [0.2, 0.25) is 0 Å². The van der Waals surface area contributed by atoms with Gasteiger partial charge >= 0.3 is 0 Å². The molecule has 0 N–H and O–H groups in total. The maximum atomic E-state index is 11.1. The summed E-state index contributed by atoms with van der Waals surface area (Å²) in [5.41, 5.74) is 0.342. The molecule has 0 amide bonds. The van der Waals surface area contributed by atoms with Crippen molar-refractivity contribution in [2.24, 2.45) is 11.3 Å². The van der Waals surface area contributed by atoms with E-state index in [0.29, 0.717) is 17.1 Å². The molecule has 1 nitrogen and oxygen atoms in total. The van der Waals surface area contributed by atoms with Crippen molar-refractivity contribution in [3.63, 3.8) is 0 Å². The molecular formula is C11H18O. The van der Waals surface area contributed by atoms with Crippen LogP contribution in [0.1, 0.15) is 40.0 Å². The average molecular weight is 166 g/mol. The maximum Gasteiger partial charge on any atom is 0.155 e. The minimum atomic E-state index is 0.293. The molecule has 0 saturated carbocycles. The first-order valence-corrected chi connectivity index (χ1v) is 4.69. The van der Waals surface area contributed by atoms with E-state index in [9.17, 15) is 4.79 Å². The monoisotopic (exact) mass is 166 g/mol. The molecule has 1 atom stereocenters. The number of allylic oxidation sites excluding steroid dienone is 2. The summed E-state index contributed by atoms with van der Waals surface area (Å²) in [5.74, 6) is 0.960. The minimum absolute atomic E-state index is 0.293. The molecule has 0 aliphatic heterocycles. The number of hydrogen-bond donors (Lipinski definition) is 0. The van der Waals surface area contributed by atoms with Gasteiger partial charge in [-0.3, -0.25) is 4.79 Å². The summed E-state index contributed by atoms with van der Waals surface area (Å²) in [4.78, 5) is 11.1. The van der Waals surface area contributed by atoms with Crippen LogP contribution in [0.5, 0.6) is 0 Å². The molecule has 12 heavy (non-hydrogen) atoms. The van der Waals surface area contributed by atoms with Gasteiger partial charge in [-0.2, -0.15) is 0 Å². The summed E-state index contributed by atoms with van der Waals surface area (Å²) in [6.45, 7) is 6.75. The second-order valence-corrected chi connectivity index (χ2v) is 4.71. The molecule has 1 heteroatoms. The lowest BCUT2D eigenvalue weighted by Crippen LogP contribution is -2.19. The van der Waals surface area contributed by atoms with Gasteiger partial charge in [-0.25, -0.2) is 0 Å². The fraction of sp³-hybridized carbons (Fsp3) is 0.727. The zero-order chi connectivity index (χ0) is 9.19. The third kappa shape index (κ3) is 2.47. The van der Waals surface area contributed by atoms with Crippen molar-refractivity contribution in [1.82, 2.24) is 0 Å². The largest absolute Gasteiger partial charge is 0.295 e. The maximum absolute atomic E-state index is 11.1. The molecule has 0 aromatic carbocycles. The van der Waals surface area contributed by atoms with Gasteiger partial charge in [0.15, 0.2) is 5.78 Å². The Morgan fingerprint density at radius 1 is 1.42 bits per heavy atom. The highest BCUT2D eigenvalue weighted by molar-refractivity contribution is 5.89. The van der Waals surface area contributed by atoms with E-state index in [1.165, 1.54) is 0 Å². The van der Waals surface area contributed by atoms with Crippen LogP contribution in [0.3, 0.4) is 0 Å². The molecule has 1 aliphatic carbocycles. The first-order valence-electron chi connectivity index (χ1n) is 4.69. The fourth-order valence-electron chi connectivity index (χ4n) is 1.67. The summed E-state index contributed by atoms with van der Waals surface area (Å²) in [7, 11) is 0. The number of carbonyl (C=O) groups excluding carboxylic acids is 1. The zero-order valence-corrected chi connectivity index (χ0v) is 8.26. The van der Waals surface area contributed by atoms with E-state index in [4.69, 9.17) is 0 Å². The molecule has 1 rings (SSSR count). The van der Waals surface area contributed by atoms with Crippen molar-refractivity contribution in [2.75, 3.05) is 0 Å². The van der Waals surface area contributed by atoms with Crippen LogP contribution in [0.2, 0.25) is 0 Å². The first-order chi connectivity index (χ1) is 5.50. The Bertz CT molecular complexity index is 196. The van der Waals surface area contributed by atoms with Gasteiger partial charge in [0.05, 0.1) is 0 Å². The van der Waals surface area contributed by atoms with Gasteiger partial charge < -0.3 is 0 Å². The van der Waals surface area contributed by atoms with Gasteiger partial charge in [0.25, 0.3) is 0 Å². The molecule has 0 aromatic heterocycles. The molecule has 1 unspecified atom stereocenters. The Labute approximate surface area is 74.9 Å². The van der Waals surface area contributed by atoms with Crippen LogP contribution in [0.25, 0.3) is 0 Å². The van der Waals surface area contributed by atoms with Crippen LogP contribution in [0.4, 0.5) is 0 Å². The van der Waals surface area contributed by atoms with Crippen molar-refractivity contribution >= 4 is 5.78 Å². The van der Waals surface area contributed by atoms with Crippen molar-refractivity contribution in [3.05, 3.63) is 12.2 Å². The van der Waals surface area contributed by atoms with E-state index in [-0.39, 0.29) is 0 Å². The van der Waals surface area contributed by atoms with Gasteiger partial charge in [-0.15, -0.1) is 0 Å². The number of rotatable bonds is 0. The van der Waals surface area contributed by atoms with Gasteiger partial charge in [0.1, 0.15) is 0 Å². The van der Waals surface area contributed by atoms with Crippen LogP contribution >= 0.6 is 0 Å². The second-order valence-electron chi connectivity index (χ2n) is 4.71. The Kier molecular flexibility index (Phi) is 2.71. The Hall–Kier alpha value is -0.590. The highest BCUT2D eigenvalue weighted by Gasteiger charge is 2.24. The van der Waals surface area contributed by atoms with Crippen molar-refractivity contribution in [1.29, 1.82) is 0 Å². The molecule has 0 saturated heterocycles. The first kappa shape index (κ1) is 9.50. The van der Waals surface area contributed by atoms with Gasteiger partial charge in [-0.05, 0) is 30.3 Å².